The fraction of sp³-hybridized carbons (Fsp3) is 0.800. The van der Waals surface area contributed by atoms with Gasteiger partial charge in [0.1, 0.15) is 5.40 Å². The summed E-state index contributed by atoms with van der Waals surface area (Å²) in [6.07, 6.45) is 0. The molecule has 0 heterocycles. The van der Waals surface area contributed by atoms with E-state index >= 15 is 0 Å². The summed E-state index contributed by atoms with van der Waals surface area (Å²) in [5.41, 5.74) is 0. The topological polar surface area (TPSA) is 23.8 Å². The maximum Gasteiger partial charge on any atom is 1.00 e. The lowest BCUT2D eigenvalue weighted by molar-refractivity contribution is 0.752. The molecule has 0 amide bonds. The van der Waals surface area contributed by atoms with Gasteiger partial charge in [-0.1, -0.05) is 13.8 Å². The largest absolute Gasteiger partial charge is 1.00 e. The smallest absolute Gasteiger partial charge is 0.185 e. The molecule has 40 valence electrons. The van der Waals surface area contributed by atoms with Crippen LogP contribution in [-0.2, 0) is 0 Å². The molecule has 0 aliphatic rings. The molecule has 0 saturated heterocycles. The number of thioether (sulfide) groups is 1. The van der Waals surface area contributed by atoms with E-state index in [-0.39, 0.29) is 1.43 Å². The first-order valence-corrected chi connectivity index (χ1v) is 3.26. The Morgan fingerprint density at radius 3 is 2.57 bits per heavy atom. The van der Waals surface area contributed by atoms with E-state index < -0.39 is 0 Å². The summed E-state index contributed by atoms with van der Waals surface area (Å²) in [4.78, 5) is 0. The van der Waals surface area contributed by atoms with Gasteiger partial charge in [0.15, 0.2) is 0 Å². The number of rotatable bonds is 2. The lowest BCUT2D eigenvalue weighted by Crippen LogP contribution is -1.87. The summed E-state index contributed by atoms with van der Waals surface area (Å²) >= 11 is 1.32. The van der Waals surface area contributed by atoms with Gasteiger partial charge < -0.3 is 0 Å². The second kappa shape index (κ2) is 4.01. The van der Waals surface area contributed by atoms with Crippen molar-refractivity contribution in [3.8, 4) is 5.40 Å². The summed E-state index contributed by atoms with van der Waals surface area (Å²) in [6, 6.07) is 0. The Labute approximate surface area is 50.2 Å². The fourth-order valence-electron chi connectivity index (χ4n) is 0.204. The van der Waals surface area contributed by atoms with Crippen molar-refractivity contribution in [2.45, 2.75) is 13.8 Å². The van der Waals surface area contributed by atoms with Gasteiger partial charge in [0, 0.05) is 5.75 Å². The number of nitrogens with zero attached hydrogens (tertiary/aromatic N) is 1. The summed E-state index contributed by atoms with van der Waals surface area (Å²) in [5.74, 6) is 1.60. The molecule has 7 heavy (non-hydrogen) atoms. The zero-order valence-corrected chi connectivity index (χ0v) is 5.46. The van der Waals surface area contributed by atoms with Crippen LogP contribution in [-0.4, -0.2) is 5.75 Å². The van der Waals surface area contributed by atoms with E-state index in [1.807, 2.05) is 5.40 Å². The van der Waals surface area contributed by atoms with Crippen LogP contribution in [0.4, 0.5) is 0 Å². The Morgan fingerprint density at radius 1 is 1.86 bits per heavy atom. The molecule has 0 spiro atoms. The molecular formula is C5H10NS+. The highest BCUT2D eigenvalue weighted by Gasteiger charge is 1.89. The SMILES string of the molecule is CC(C)CSC#N.[H+]. The third-order valence-corrected chi connectivity index (χ3v) is 1.44. The number of nitriles is 1. The van der Waals surface area contributed by atoms with Crippen molar-refractivity contribution >= 4 is 11.8 Å². The van der Waals surface area contributed by atoms with Crippen LogP contribution in [0.1, 0.15) is 15.3 Å². The monoisotopic (exact) mass is 116 g/mol. The van der Waals surface area contributed by atoms with Gasteiger partial charge in [0.25, 0.3) is 0 Å². The lowest BCUT2D eigenvalue weighted by Gasteiger charge is -1.93. The maximum atomic E-state index is 8.03. The fourth-order valence-corrected chi connectivity index (χ4v) is 0.612. The van der Waals surface area contributed by atoms with Crippen molar-refractivity contribution < 1.29 is 1.43 Å². The van der Waals surface area contributed by atoms with Gasteiger partial charge in [0.2, 0.25) is 0 Å². The molecule has 0 aliphatic carbocycles. The van der Waals surface area contributed by atoms with Crippen molar-refractivity contribution in [3.05, 3.63) is 0 Å². The van der Waals surface area contributed by atoms with Crippen LogP contribution in [0.3, 0.4) is 0 Å². The third-order valence-electron chi connectivity index (χ3n) is 0.481. The van der Waals surface area contributed by atoms with E-state index in [0.29, 0.717) is 5.92 Å². The van der Waals surface area contributed by atoms with Gasteiger partial charge in [-0.15, -0.1) is 0 Å². The Balaban J connectivity index is 0. The zero-order valence-electron chi connectivity index (χ0n) is 5.64. The minimum atomic E-state index is 0. The highest BCUT2D eigenvalue weighted by molar-refractivity contribution is 8.03. The summed E-state index contributed by atoms with van der Waals surface area (Å²) in [6.45, 7) is 4.20. The molecule has 1 nitrogen and oxygen atoms in total. The number of hydrogen-bond donors (Lipinski definition) is 0. The van der Waals surface area contributed by atoms with Gasteiger partial charge in [-0.25, -0.2) is 0 Å². The second-order valence-corrected chi connectivity index (χ2v) is 2.60. The first-order valence-electron chi connectivity index (χ1n) is 2.28. The van der Waals surface area contributed by atoms with Crippen LogP contribution >= 0.6 is 11.8 Å². The van der Waals surface area contributed by atoms with Crippen LogP contribution in [0.2, 0.25) is 0 Å². The van der Waals surface area contributed by atoms with Crippen molar-refractivity contribution in [3.63, 3.8) is 0 Å². The van der Waals surface area contributed by atoms with Crippen LogP contribution in [0.15, 0.2) is 0 Å². The first-order chi connectivity index (χ1) is 3.27. The van der Waals surface area contributed by atoms with Crippen molar-refractivity contribution in [1.29, 1.82) is 5.26 Å². The third kappa shape index (κ3) is 5.84. The predicted octanol–water partition coefficient (Wildman–Crippen LogP) is 1.97. The van der Waals surface area contributed by atoms with Crippen molar-refractivity contribution in [1.82, 2.24) is 0 Å². The second-order valence-electron chi connectivity index (χ2n) is 1.80. The van der Waals surface area contributed by atoms with Gasteiger partial charge in [0.05, 0.1) is 0 Å². The van der Waals surface area contributed by atoms with E-state index in [0.717, 1.165) is 5.75 Å². The maximum absolute atomic E-state index is 8.03. The molecule has 2 heteroatoms. The lowest BCUT2D eigenvalue weighted by atomic mass is 10.3. The van der Waals surface area contributed by atoms with Gasteiger partial charge in [-0.3, -0.25) is 0 Å². The van der Waals surface area contributed by atoms with Crippen molar-refractivity contribution in [2.75, 3.05) is 5.75 Å². The minimum absolute atomic E-state index is 0. The van der Waals surface area contributed by atoms with E-state index in [4.69, 9.17) is 5.26 Å². The molecule has 0 atom stereocenters. The molecular weight excluding hydrogens is 106 g/mol. The Hall–Kier alpha value is -0.160. The van der Waals surface area contributed by atoms with Crippen LogP contribution < -0.4 is 0 Å². The standard InChI is InChI=1S/C5H9NS/c1-5(2)3-7-4-6/h5H,3H2,1-2H3/p+1. The van der Waals surface area contributed by atoms with Crippen LogP contribution in [0.5, 0.6) is 0 Å². The highest BCUT2D eigenvalue weighted by Crippen LogP contribution is 2.03. The van der Waals surface area contributed by atoms with Gasteiger partial charge in [-0.05, 0) is 17.7 Å². The molecule has 0 N–H and O–H groups in total. The number of hydrogen-bond acceptors (Lipinski definition) is 2. The zero-order chi connectivity index (χ0) is 5.70. The molecule has 0 saturated carbocycles. The molecule has 0 unspecified atom stereocenters. The van der Waals surface area contributed by atoms with E-state index in [1.54, 1.807) is 0 Å². The highest BCUT2D eigenvalue weighted by atomic mass is 32.2. The summed E-state index contributed by atoms with van der Waals surface area (Å²) in [7, 11) is 0. The normalized spacial score (nSPS) is 8.86. The van der Waals surface area contributed by atoms with Gasteiger partial charge in [-0.2, -0.15) is 5.26 Å². The van der Waals surface area contributed by atoms with Crippen LogP contribution in [0.25, 0.3) is 0 Å². The predicted molar refractivity (Wildman–Crippen MR) is 34.0 cm³/mol. The Kier molecular flexibility index (Phi) is 3.92. The first kappa shape index (κ1) is 6.84. The summed E-state index contributed by atoms with van der Waals surface area (Å²) in [5, 5.41) is 10.0. The van der Waals surface area contributed by atoms with Gasteiger partial charge >= 0.3 is 1.43 Å². The minimum Gasteiger partial charge on any atom is -0.185 e. The molecule has 0 fully saturated rings. The number of thiocyanates is 1. The molecule has 0 aromatic heterocycles. The Morgan fingerprint density at radius 2 is 2.43 bits per heavy atom. The molecule has 0 aliphatic heterocycles. The van der Waals surface area contributed by atoms with E-state index in [1.165, 1.54) is 11.8 Å². The molecule has 0 aromatic rings. The van der Waals surface area contributed by atoms with E-state index in [9.17, 15) is 0 Å². The molecule has 0 bridgehead atoms. The average molecular weight is 116 g/mol. The summed E-state index contributed by atoms with van der Waals surface area (Å²) < 4.78 is 0. The quantitative estimate of drug-likeness (QED) is 0.515. The Bertz CT molecular complexity index is 77.0. The van der Waals surface area contributed by atoms with Crippen LogP contribution in [0, 0.1) is 16.6 Å². The average Bonchev–Trinajstić information content (AvgIpc) is 1.61. The molecule has 0 rings (SSSR count). The van der Waals surface area contributed by atoms with E-state index in [2.05, 4.69) is 13.8 Å². The molecule has 0 radical (unpaired) electrons. The van der Waals surface area contributed by atoms with Crippen molar-refractivity contribution in [2.24, 2.45) is 5.92 Å². The molecule has 0 aromatic carbocycles.